The highest BCUT2D eigenvalue weighted by atomic mass is 16.4. The van der Waals surface area contributed by atoms with E-state index in [9.17, 15) is 9.59 Å². The van der Waals surface area contributed by atoms with E-state index in [4.69, 9.17) is 15.5 Å². The van der Waals surface area contributed by atoms with Crippen molar-refractivity contribution >= 4 is 17.7 Å². The van der Waals surface area contributed by atoms with Crippen LogP contribution in [0, 0.1) is 11.3 Å². The van der Waals surface area contributed by atoms with Crippen LogP contribution in [0.5, 0.6) is 0 Å². The van der Waals surface area contributed by atoms with E-state index in [1.54, 1.807) is 24.3 Å². The molecule has 1 atom stereocenters. The number of carbonyl (C=O) groups excluding carboxylic acids is 1. The molecule has 0 aliphatic rings. The normalized spacial score (nSPS) is 11.2. The number of carbonyl (C=O) groups is 2. The zero-order valence-corrected chi connectivity index (χ0v) is 10.2. The molecule has 0 aromatic heterocycles. The molecule has 100 valence electrons. The number of nitrogens with zero attached hydrogens (tertiary/aromatic N) is 2. The second-order valence-corrected chi connectivity index (χ2v) is 3.76. The van der Waals surface area contributed by atoms with Gasteiger partial charge in [-0.25, -0.2) is 9.59 Å². The van der Waals surface area contributed by atoms with Crippen LogP contribution < -0.4 is 10.2 Å². The Morgan fingerprint density at radius 1 is 1.42 bits per heavy atom. The van der Waals surface area contributed by atoms with E-state index in [1.165, 1.54) is 11.9 Å². The molecule has 0 spiro atoms. The summed E-state index contributed by atoms with van der Waals surface area (Å²) in [5, 5.41) is 28.4. The highest BCUT2D eigenvalue weighted by Crippen LogP contribution is 2.13. The molecule has 7 heteroatoms. The smallest absolute Gasteiger partial charge is 0.334 e. The summed E-state index contributed by atoms with van der Waals surface area (Å²) in [6, 6.07) is 7.71. The van der Waals surface area contributed by atoms with Gasteiger partial charge in [-0.1, -0.05) is 0 Å². The largest absolute Gasteiger partial charge is 0.479 e. The van der Waals surface area contributed by atoms with Gasteiger partial charge in [0.2, 0.25) is 0 Å². The van der Waals surface area contributed by atoms with Gasteiger partial charge < -0.3 is 15.5 Å². The Bertz CT molecular complexity index is 507. The SMILES string of the molecule is CN(C(=O)NCC(O)C(=O)O)c1ccc(C#N)cc1. The number of rotatable bonds is 4. The molecule has 0 saturated heterocycles. The second kappa shape index (κ2) is 6.37. The number of anilines is 1. The molecule has 0 heterocycles. The van der Waals surface area contributed by atoms with E-state index in [0.717, 1.165) is 0 Å². The fourth-order valence-electron chi connectivity index (χ4n) is 1.27. The van der Waals surface area contributed by atoms with Crippen LogP contribution in [0.1, 0.15) is 5.56 Å². The molecule has 0 saturated carbocycles. The fraction of sp³-hybridized carbons (Fsp3) is 0.250. The quantitative estimate of drug-likeness (QED) is 0.715. The van der Waals surface area contributed by atoms with Gasteiger partial charge in [0.1, 0.15) is 0 Å². The maximum absolute atomic E-state index is 11.7. The van der Waals surface area contributed by atoms with Gasteiger partial charge in [0.05, 0.1) is 18.2 Å². The summed E-state index contributed by atoms with van der Waals surface area (Å²) in [7, 11) is 1.49. The molecule has 1 aromatic rings. The van der Waals surface area contributed by atoms with E-state index in [-0.39, 0.29) is 6.54 Å². The van der Waals surface area contributed by atoms with Crippen molar-refractivity contribution in [2.75, 3.05) is 18.5 Å². The van der Waals surface area contributed by atoms with Gasteiger partial charge in [0, 0.05) is 12.7 Å². The monoisotopic (exact) mass is 263 g/mol. The fourth-order valence-corrected chi connectivity index (χ4v) is 1.27. The van der Waals surface area contributed by atoms with Crippen molar-refractivity contribution in [3.8, 4) is 6.07 Å². The zero-order valence-electron chi connectivity index (χ0n) is 10.2. The number of carboxylic acids is 1. The Kier molecular flexibility index (Phi) is 4.85. The maximum atomic E-state index is 11.7. The average molecular weight is 263 g/mol. The lowest BCUT2D eigenvalue weighted by atomic mass is 10.2. The van der Waals surface area contributed by atoms with Gasteiger partial charge >= 0.3 is 12.0 Å². The number of urea groups is 1. The molecule has 0 aliphatic carbocycles. The Hall–Kier alpha value is -2.59. The Balaban J connectivity index is 2.61. The number of hydrogen-bond donors (Lipinski definition) is 3. The lowest BCUT2D eigenvalue weighted by molar-refractivity contribution is -0.146. The average Bonchev–Trinajstić information content (AvgIpc) is 2.43. The molecule has 0 aliphatic heterocycles. The third-order valence-electron chi connectivity index (χ3n) is 2.42. The molecule has 0 radical (unpaired) electrons. The van der Waals surface area contributed by atoms with Crippen molar-refractivity contribution in [2.24, 2.45) is 0 Å². The molecular weight excluding hydrogens is 250 g/mol. The molecule has 7 nitrogen and oxygen atoms in total. The third kappa shape index (κ3) is 3.97. The van der Waals surface area contributed by atoms with Crippen molar-refractivity contribution < 1.29 is 19.8 Å². The molecule has 1 unspecified atom stereocenters. The summed E-state index contributed by atoms with van der Waals surface area (Å²) in [6.07, 6.45) is -1.64. The van der Waals surface area contributed by atoms with Crippen LogP contribution in [0.3, 0.4) is 0 Å². The van der Waals surface area contributed by atoms with E-state index in [2.05, 4.69) is 5.32 Å². The predicted molar refractivity (Wildman–Crippen MR) is 66.6 cm³/mol. The standard InChI is InChI=1S/C12H13N3O4/c1-15(9-4-2-8(6-13)3-5-9)12(19)14-7-10(16)11(17)18/h2-5,10,16H,7H2,1H3,(H,14,19)(H,17,18). The van der Waals surface area contributed by atoms with Gasteiger partial charge in [0.25, 0.3) is 0 Å². The van der Waals surface area contributed by atoms with Crippen molar-refractivity contribution in [1.29, 1.82) is 5.26 Å². The van der Waals surface area contributed by atoms with Crippen molar-refractivity contribution in [2.45, 2.75) is 6.10 Å². The summed E-state index contributed by atoms with van der Waals surface area (Å²) in [4.78, 5) is 23.3. The van der Waals surface area contributed by atoms with E-state index >= 15 is 0 Å². The van der Waals surface area contributed by atoms with Crippen molar-refractivity contribution in [1.82, 2.24) is 5.32 Å². The van der Waals surface area contributed by atoms with Gasteiger partial charge in [-0.05, 0) is 24.3 Å². The van der Waals surface area contributed by atoms with Crippen LogP contribution in [0.15, 0.2) is 24.3 Å². The summed E-state index contributed by atoms with van der Waals surface area (Å²) in [5.74, 6) is -1.40. The minimum Gasteiger partial charge on any atom is -0.479 e. The number of hydrogen-bond acceptors (Lipinski definition) is 4. The first-order valence-electron chi connectivity index (χ1n) is 5.38. The Morgan fingerprint density at radius 3 is 2.47 bits per heavy atom. The Labute approximate surface area is 109 Å². The van der Waals surface area contributed by atoms with Gasteiger partial charge in [-0.2, -0.15) is 5.26 Å². The number of carboxylic acid groups (broad SMARTS) is 1. The third-order valence-corrected chi connectivity index (χ3v) is 2.42. The Morgan fingerprint density at radius 2 is 2.00 bits per heavy atom. The zero-order chi connectivity index (χ0) is 14.4. The number of benzene rings is 1. The summed E-state index contributed by atoms with van der Waals surface area (Å²) >= 11 is 0. The molecule has 2 amide bonds. The van der Waals surface area contributed by atoms with Crippen LogP contribution >= 0.6 is 0 Å². The molecule has 19 heavy (non-hydrogen) atoms. The van der Waals surface area contributed by atoms with Gasteiger partial charge in [-0.15, -0.1) is 0 Å². The van der Waals surface area contributed by atoms with Crippen molar-refractivity contribution in [3.63, 3.8) is 0 Å². The summed E-state index contributed by atoms with van der Waals surface area (Å²) < 4.78 is 0. The number of aliphatic carboxylic acids is 1. The van der Waals surface area contributed by atoms with E-state index in [1.807, 2.05) is 6.07 Å². The van der Waals surface area contributed by atoms with Crippen LogP contribution in [0.25, 0.3) is 0 Å². The van der Waals surface area contributed by atoms with Gasteiger partial charge in [0.15, 0.2) is 6.10 Å². The van der Waals surface area contributed by atoms with Crippen LogP contribution in [0.4, 0.5) is 10.5 Å². The first-order chi connectivity index (χ1) is 8.95. The number of nitriles is 1. The molecule has 1 aromatic carbocycles. The van der Waals surface area contributed by atoms with Crippen LogP contribution in [-0.2, 0) is 4.79 Å². The highest BCUT2D eigenvalue weighted by Gasteiger charge is 2.16. The van der Waals surface area contributed by atoms with Gasteiger partial charge in [-0.3, -0.25) is 4.90 Å². The molecule has 0 fully saturated rings. The van der Waals surface area contributed by atoms with Crippen LogP contribution in [-0.4, -0.2) is 41.9 Å². The molecule has 1 rings (SSSR count). The first-order valence-corrected chi connectivity index (χ1v) is 5.38. The lowest BCUT2D eigenvalue weighted by Gasteiger charge is -2.18. The lowest BCUT2D eigenvalue weighted by Crippen LogP contribution is -2.43. The number of amides is 2. The maximum Gasteiger partial charge on any atom is 0.334 e. The number of aliphatic hydroxyl groups excluding tert-OH is 1. The van der Waals surface area contributed by atoms with Crippen LogP contribution in [0.2, 0.25) is 0 Å². The molecular formula is C12H13N3O4. The van der Waals surface area contributed by atoms with E-state index < -0.39 is 18.1 Å². The number of nitrogens with one attached hydrogen (secondary N) is 1. The summed E-state index contributed by atoms with van der Waals surface area (Å²) in [5.41, 5.74) is 1.01. The minimum absolute atomic E-state index is 0.380. The predicted octanol–water partition coefficient (Wildman–Crippen LogP) is 0.150. The summed E-state index contributed by atoms with van der Waals surface area (Å²) in [6.45, 7) is -0.380. The minimum atomic E-state index is -1.64. The van der Waals surface area contributed by atoms with E-state index in [0.29, 0.717) is 11.3 Å². The molecule has 3 N–H and O–H groups in total. The topological polar surface area (TPSA) is 114 Å². The second-order valence-electron chi connectivity index (χ2n) is 3.76. The number of aliphatic hydroxyl groups is 1. The highest BCUT2D eigenvalue weighted by molar-refractivity contribution is 5.91. The van der Waals surface area contributed by atoms with Crippen molar-refractivity contribution in [3.05, 3.63) is 29.8 Å². The molecule has 0 bridgehead atoms. The first kappa shape index (κ1) is 14.5.